The van der Waals surface area contributed by atoms with Gasteiger partial charge in [0.05, 0.1) is 5.56 Å². The Kier molecular flexibility index (Phi) is 4.27. The normalized spacial score (nSPS) is 19.3. The number of hydrogen-bond donors (Lipinski definition) is 1. The Balaban J connectivity index is 2.14. The van der Waals surface area contributed by atoms with E-state index in [4.69, 9.17) is 11.6 Å². The molecule has 2 aromatic rings. The van der Waals surface area contributed by atoms with Crippen molar-refractivity contribution in [2.24, 2.45) is 0 Å². The van der Waals surface area contributed by atoms with Gasteiger partial charge < -0.3 is 9.88 Å². The largest absolute Gasteiger partial charge is 0.417 e. The van der Waals surface area contributed by atoms with E-state index in [2.05, 4.69) is 9.88 Å². The van der Waals surface area contributed by atoms with Gasteiger partial charge in [0.25, 0.3) is 0 Å². The molecule has 23 heavy (non-hydrogen) atoms. The van der Waals surface area contributed by atoms with Crippen LogP contribution in [0.15, 0.2) is 29.1 Å². The smallest absolute Gasteiger partial charge is 0.367 e. The second-order valence-electron chi connectivity index (χ2n) is 5.77. The zero-order chi connectivity index (χ0) is 16.6. The number of pyridine rings is 1. The van der Waals surface area contributed by atoms with Gasteiger partial charge in [-0.15, -0.1) is 11.6 Å². The number of nitrogens with one attached hydrogen (secondary N) is 1. The van der Waals surface area contributed by atoms with Crippen molar-refractivity contribution < 1.29 is 13.2 Å². The molecule has 0 spiro atoms. The highest BCUT2D eigenvalue weighted by atomic mass is 35.5. The first-order chi connectivity index (χ1) is 10.9. The van der Waals surface area contributed by atoms with Crippen molar-refractivity contribution in [1.82, 2.24) is 4.98 Å². The second-order valence-corrected chi connectivity index (χ2v) is 6.08. The molecule has 3 nitrogen and oxygen atoms in total. The quantitative estimate of drug-likeness (QED) is 0.831. The van der Waals surface area contributed by atoms with E-state index < -0.39 is 17.3 Å². The predicted molar refractivity (Wildman–Crippen MR) is 85.3 cm³/mol. The van der Waals surface area contributed by atoms with Crippen molar-refractivity contribution >= 4 is 28.2 Å². The molecule has 0 bridgehead atoms. The molecular weight excluding hydrogens is 329 g/mol. The number of halogens is 4. The van der Waals surface area contributed by atoms with Gasteiger partial charge in [-0.2, -0.15) is 13.2 Å². The Labute approximate surface area is 136 Å². The van der Waals surface area contributed by atoms with Crippen molar-refractivity contribution in [1.29, 1.82) is 0 Å². The van der Waals surface area contributed by atoms with Crippen LogP contribution in [0.1, 0.15) is 24.8 Å². The molecule has 0 saturated carbocycles. The summed E-state index contributed by atoms with van der Waals surface area (Å²) in [6.07, 6.45) is -1.58. The Morgan fingerprint density at radius 3 is 2.74 bits per heavy atom. The van der Waals surface area contributed by atoms with Gasteiger partial charge in [-0.25, -0.2) is 0 Å². The summed E-state index contributed by atoms with van der Waals surface area (Å²) in [5.74, 6) is 0.440. The van der Waals surface area contributed by atoms with Gasteiger partial charge >= 0.3 is 6.18 Å². The number of hydrogen-bond acceptors (Lipinski definition) is 2. The van der Waals surface area contributed by atoms with Gasteiger partial charge in [-0.1, -0.05) is 0 Å². The Bertz CT molecular complexity index is 772. The summed E-state index contributed by atoms with van der Waals surface area (Å²) in [6.45, 7) is 0.771. The number of benzene rings is 1. The molecule has 2 heterocycles. The fourth-order valence-corrected chi connectivity index (χ4v) is 3.48. The molecule has 1 aromatic heterocycles. The van der Waals surface area contributed by atoms with Crippen LogP contribution in [0, 0.1) is 0 Å². The molecule has 3 rings (SSSR count). The topological polar surface area (TPSA) is 36.1 Å². The van der Waals surface area contributed by atoms with Crippen LogP contribution in [0.2, 0.25) is 0 Å². The lowest BCUT2D eigenvalue weighted by Gasteiger charge is -2.36. The van der Waals surface area contributed by atoms with E-state index in [-0.39, 0.29) is 16.9 Å². The molecule has 1 atom stereocenters. The summed E-state index contributed by atoms with van der Waals surface area (Å²) in [7, 11) is 0. The second kappa shape index (κ2) is 6.07. The van der Waals surface area contributed by atoms with E-state index in [0.29, 0.717) is 17.6 Å². The lowest BCUT2D eigenvalue weighted by atomic mass is 10.0. The lowest BCUT2D eigenvalue weighted by molar-refractivity contribution is -0.136. The van der Waals surface area contributed by atoms with Crippen LogP contribution < -0.4 is 10.5 Å². The molecule has 124 valence electrons. The van der Waals surface area contributed by atoms with Crippen LogP contribution in [0.4, 0.5) is 18.9 Å². The zero-order valence-corrected chi connectivity index (χ0v) is 13.0. The van der Waals surface area contributed by atoms with Gasteiger partial charge in [-0.3, -0.25) is 4.79 Å². The van der Waals surface area contributed by atoms with E-state index >= 15 is 0 Å². The minimum Gasteiger partial charge on any atom is -0.367 e. The average molecular weight is 345 g/mol. The lowest BCUT2D eigenvalue weighted by Crippen LogP contribution is -2.40. The van der Waals surface area contributed by atoms with Crippen LogP contribution in [0.25, 0.3) is 10.9 Å². The summed E-state index contributed by atoms with van der Waals surface area (Å²) in [6, 6.07) is 5.50. The van der Waals surface area contributed by atoms with Crippen molar-refractivity contribution in [3.8, 4) is 0 Å². The third-order valence-electron chi connectivity index (χ3n) is 4.27. The number of nitrogens with zero attached hydrogens (tertiary/aromatic N) is 1. The number of rotatable bonds is 2. The molecule has 1 aliphatic rings. The van der Waals surface area contributed by atoms with Gasteiger partial charge in [0, 0.05) is 41.1 Å². The molecule has 1 unspecified atom stereocenters. The summed E-state index contributed by atoms with van der Waals surface area (Å²) in [5.41, 5.74) is -0.764. The predicted octanol–water partition coefficient (Wildman–Crippen LogP) is 4.14. The van der Waals surface area contributed by atoms with E-state index in [0.717, 1.165) is 25.8 Å². The minimum absolute atomic E-state index is 0.00787. The first-order valence-electron chi connectivity index (χ1n) is 7.47. The molecule has 1 N–H and O–H groups in total. The van der Waals surface area contributed by atoms with Gasteiger partial charge in [0.15, 0.2) is 0 Å². The monoisotopic (exact) mass is 344 g/mol. The summed E-state index contributed by atoms with van der Waals surface area (Å²) in [4.78, 5) is 16.0. The summed E-state index contributed by atoms with van der Waals surface area (Å²) < 4.78 is 39.7. The van der Waals surface area contributed by atoms with Crippen LogP contribution in [0.5, 0.6) is 0 Å². The Hall–Kier alpha value is -1.69. The third-order valence-corrected chi connectivity index (χ3v) is 4.63. The number of aromatic amines is 1. The average Bonchev–Trinajstić information content (AvgIpc) is 2.52. The molecule has 1 saturated heterocycles. The minimum atomic E-state index is -4.57. The maximum absolute atomic E-state index is 13.2. The van der Waals surface area contributed by atoms with E-state index in [9.17, 15) is 18.0 Å². The van der Waals surface area contributed by atoms with E-state index in [1.807, 2.05) is 0 Å². The molecule has 1 aromatic carbocycles. The number of fused-ring (bicyclic) bond motifs is 1. The van der Waals surface area contributed by atoms with Crippen molar-refractivity contribution in [2.75, 3.05) is 17.3 Å². The number of alkyl halides is 4. The molecule has 1 fully saturated rings. The molecule has 0 amide bonds. The van der Waals surface area contributed by atoms with Crippen LogP contribution >= 0.6 is 11.6 Å². The third kappa shape index (κ3) is 3.17. The first kappa shape index (κ1) is 16.2. The van der Waals surface area contributed by atoms with Gasteiger partial charge in [0.1, 0.15) is 0 Å². The highest BCUT2D eigenvalue weighted by molar-refractivity contribution is 6.18. The van der Waals surface area contributed by atoms with Crippen LogP contribution in [0.3, 0.4) is 0 Å². The van der Waals surface area contributed by atoms with Crippen molar-refractivity contribution in [2.45, 2.75) is 31.5 Å². The Morgan fingerprint density at radius 1 is 1.26 bits per heavy atom. The van der Waals surface area contributed by atoms with Gasteiger partial charge in [0.2, 0.25) is 5.56 Å². The Morgan fingerprint density at radius 2 is 2.04 bits per heavy atom. The van der Waals surface area contributed by atoms with Crippen molar-refractivity contribution in [3.05, 3.63) is 40.2 Å². The number of aromatic nitrogens is 1. The molecular formula is C16H16ClF3N2O. The van der Waals surface area contributed by atoms with E-state index in [1.165, 1.54) is 12.1 Å². The SMILES string of the molecule is O=c1cc(C(F)(F)F)c2cc(N3CCCCC3CCl)ccc2[nH]1. The first-order valence-corrected chi connectivity index (χ1v) is 8.00. The highest BCUT2D eigenvalue weighted by Gasteiger charge is 2.33. The fraction of sp³-hybridized carbons (Fsp3) is 0.438. The molecule has 7 heteroatoms. The number of piperidine rings is 1. The number of anilines is 1. The molecule has 0 radical (unpaired) electrons. The van der Waals surface area contributed by atoms with Crippen LogP contribution in [-0.2, 0) is 6.18 Å². The maximum atomic E-state index is 13.2. The fourth-order valence-electron chi connectivity index (χ4n) is 3.16. The summed E-state index contributed by atoms with van der Waals surface area (Å²) >= 11 is 6.00. The number of H-pyrrole nitrogens is 1. The summed E-state index contributed by atoms with van der Waals surface area (Å²) in [5, 5.41) is 0.00787. The standard InChI is InChI=1S/C16H16ClF3N2O/c17-9-11-3-1-2-6-22(11)10-4-5-14-12(7-10)13(16(18,19)20)8-15(23)21-14/h4-5,7-8,11H,1-3,6,9H2,(H,21,23). The molecule has 0 aliphatic carbocycles. The maximum Gasteiger partial charge on any atom is 0.417 e. The van der Waals surface area contributed by atoms with Gasteiger partial charge in [-0.05, 0) is 37.5 Å². The zero-order valence-electron chi connectivity index (χ0n) is 12.3. The highest BCUT2D eigenvalue weighted by Crippen LogP contribution is 2.35. The van der Waals surface area contributed by atoms with Crippen molar-refractivity contribution in [3.63, 3.8) is 0 Å². The van der Waals surface area contributed by atoms with Crippen LogP contribution in [-0.4, -0.2) is 23.5 Å². The molecule has 1 aliphatic heterocycles. The van der Waals surface area contributed by atoms with E-state index in [1.54, 1.807) is 6.07 Å².